The molecule has 2 rings (SSSR count). The molecule has 1 unspecified atom stereocenters. The van der Waals surface area contributed by atoms with Crippen molar-refractivity contribution in [2.75, 3.05) is 0 Å². The Balaban J connectivity index is 2.16. The molecule has 0 saturated carbocycles. The van der Waals surface area contributed by atoms with Crippen LogP contribution >= 0.6 is 0 Å². The van der Waals surface area contributed by atoms with Gasteiger partial charge in [-0.3, -0.25) is 0 Å². The highest BCUT2D eigenvalue weighted by atomic mass is 14.6. The van der Waals surface area contributed by atoms with Gasteiger partial charge in [0.1, 0.15) is 0 Å². The second kappa shape index (κ2) is 4.81. The van der Waals surface area contributed by atoms with Gasteiger partial charge in [-0.1, -0.05) is 39.0 Å². The molecule has 0 aliphatic heterocycles. The molecule has 0 radical (unpaired) electrons. The fraction of sp³-hybridized carbons (Fsp3) is 0.625. The fourth-order valence-corrected chi connectivity index (χ4v) is 2.76. The van der Waals surface area contributed by atoms with Crippen LogP contribution in [0.4, 0.5) is 0 Å². The van der Waals surface area contributed by atoms with Crippen molar-refractivity contribution in [3.63, 3.8) is 0 Å². The van der Waals surface area contributed by atoms with E-state index in [9.17, 15) is 0 Å². The average molecular weight is 231 g/mol. The first-order valence-electron chi connectivity index (χ1n) is 6.83. The van der Waals surface area contributed by atoms with Crippen LogP contribution in [0.25, 0.3) is 0 Å². The van der Waals surface area contributed by atoms with Gasteiger partial charge in [0.2, 0.25) is 0 Å². The molecule has 0 fully saturated rings. The number of aryl methyl sites for hydroxylation is 2. The highest BCUT2D eigenvalue weighted by molar-refractivity contribution is 5.35. The second-order valence-corrected chi connectivity index (χ2v) is 6.61. The van der Waals surface area contributed by atoms with Crippen molar-refractivity contribution in [2.24, 2.45) is 11.1 Å². The Morgan fingerprint density at radius 1 is 1.12 bits per heavy atom. The zero-order valence-corrected chi connectivity index (χ0v) is 11.4. The van der Waals surface area contributed by atoms with Gasteiger partial charge in [0, 0.05) is 6.04 Å². The first-order valence-corrected chi connectivity index (χ1v) is 6.83. The summed E-state index contributed by atoms with van der Waals surface area (Å²) in [5.41, 5.74) is 11.0. The summed E-state index contributed by atoms with van der Waals surface area (Å²) in [6, 6.07) is 7.07. The maximum Gasteiger partial charge on any atom is 0.0299 e. The lowest BCUT2D eigenvalue weighted by atomic mass is 9.83. The summed E-state index contributed by atoms with van der Waals surface area (Å²) < 4.78 is 0. The summed E-state index contributed by atoms with van der Waals surface area (Å²) in [5, 5.41) is 0. The molecule has 94 valence electrons. The third-order valence-corrected chi connectivity index (χ3v) is 3.63. The molecule has 2 N–H and O–H groups in total. The molecule has 1 aliphatic carbocycles. The highest BCUT2D eigenvalue weighted by Crippen LogP contribution is 2.30. The zero-order valence-electron chi connectivity index (χ0n) is 11.4. The van der Waals surface area contributed by atoms with Gasteiger partial charge < -0.3 is 5.73 Å². The standard InChI is InChI=1S/C16H25N/c1-16(2,3)11-15(17)14-9-8-12-6-4-5-7-13(12)10-14/h8-10,15H,4-7,11,17H2,1-3H3. The van der Waals surface area contributed by atoms with Crippen molar-refractivity contribution >= 4 is 0 Å². The molecule has 17 heavy (non-hydrogen) atoms. The Hall–Kier alpha value is -0.820. The zero-order chi connectivity index (χ0) is 12.5. The Morgan fingerprint density at radius 2 is 1.76 bits per heavy atom. The number of hydrogen-bond acceptors (Lipinski definition) is 1. The monoisotopic (exact) mass is 231 g/mol. The molecule has 1 aromatic carbocycles. The summed E-state index contributed by atoms with van der Waals surface area (Å²) in [6.45, 7) is 6.77. The third-order valence-electron chi connectivity index (χ3n) is 3.63. The summed E-state index contributed by atoms with van der Waals surface area (Å²) in [7, 11) is 0. The number of nitrogens with two attached hydrogens (primary N) is 1. The molecule has 1 heteroatoms. The van der Waals surface area contributed by atoms with Crippen LogP contribution in [-0.2, 0) is 12.8 Å². The van der Waals surface area contributed by atoms with E-state index in [1.54, 1.807) is 5.56 Å². The van der Waals surface area contributed by atoms with E-state index in [4.69, 9.17) is 5.73 Å². The van der Waals surface area contributed by atoms with Crippen molar-refractivity contribution in [1.29, 1.82) is 0 Å². The molecule has 0 aromatic heterocycles. The van der Waals surface area contributed by atoms with Gasteiger partial charge in [0.25, 0.3) is 0 Å². The fourth-order valence-electron chi connectivity index (χ4n) is 2.76. The number of fused-ring (bicyclic) bond motifs is 1. The van der Waals surface area contributed by atoms with Crippen LogP contribution in [0.3, 0.4) is 0 Å². The number of benzene rings is 1. The Bertz CT molecular complexity index is 387. The van der Waals surface area contributed by atoms with Gasteiger partial charge >= 0.3 is 0 Å². The van der Waals surface area contributed by atoms with E-state index in [0.29, 0.717) is 5.41 Å². The van der Waals surface area contributed by atoms with Crippen LogP contribution in [0.5, 0.6) is 0 Å². The number of rotatable bonds is 2. The van der Waals surface area contributed by atoms with Gasteiger partial charge in [0.15, 0.2) is 0 Å². The van der Waals surface area contributed by atoms with Crippen molar-refractivity contribution < 1.29 is 0 Å². The maximum absolute atomic E-state index is 6.31. The first kappa shape index (κ1) is 12.6. The van der Waals surface area contributed by atoms with Crippen LogP contribution in [0, 0.1) is 5.41 Å². The maximum atomic E-state index is 6.31. The summed E-state index contributed by atoms with van der Waals surface area (Å²) >= 11 is 0. The van der Waals surface area contributed by atoms with Crippen LogP contribution in [0.15, 0.2) is 18.2 Å². The lowest BCUT2D eigenvalue weighted by molar-refractivity contribution is 0.342. The van der Waals surface area contributed by atoms with Crippen molar-refractivity contribution in [3.8, 4) is 0 Å². The Labute approximate surface area is 105 Å². The van der Waals surface area contributed by atoms with E-state index in [-0.39, 0.29) is 6.04 Å². The predicted molar refractivity (Wildman–Crippen MR) is 74.1 cm³/mol. The van der Waals surface area contributed by atoms with E-state index in [2.05, 4.69) is 39.0 Å². The van der Waals surface area contributed by atoms with E-state index in [0.717, 1.165) is 6.42 Å². The molecule has 1 aromatic rings. The smallest absolute Gasteiger partial charge is 0.0299 e. The van der Waals surface area contributed by atoms with Gasteiger partial charge in [-0.05, 0) is 54.2 Å². The SMILES string of the molecule is CC(C)(C)CC(N)c1ccc2c(c1)CCCC2. The van der Waals surface area contributed by atoms with Crippen molar-refractivity contribution in [2.45, 2.75) is 58.9 Å². The van der Waals surface area contributed by atoms with E-state index in [1.807, 2.05) is 0 Å². The van der Waals surface area contributed by atoms with Crippen LogP contribution in [-0.4, -0.2) is 0 Å². The third kappa shape index (κ3) is 3.32. The van der Waals surface area contributed by atoms with E-state index in [1.165, 1.54) is 36.8 Å². The van der Waals surface area contributed by atoms with Gasteiger partial charge in [-0.2, -0.15) is 0 Å². The van der Waals surface area contributed by atoms with Gasteiger partial charge in [-0.25, -0.2) is 0 Å². The molecule has 0 saturated heterocycles. The molecule has 0 amide bonds. The Kier molecular flexibility index (Phi) is 3.58. The lowest BCUT2D eigenvalue weighted by Crippen LogP contribution is -2.19. The molecule has 0 heterocycles. The normalized spacial score (nSPS) is 17.6. The largest absolute Gasteiger partial charge is 0.324 e. The molecular formula is C16H25N. The van der Waals surface area contributed by atoms with E-state index >= 15 is 0 Å². The van der Waals surface area contributed by atoms with E-state index < -0.39 is 0 Å². The molecular weight excluding hydrogens is 206 g/mol. The molecule has 0 bridgehead atoms. The lowest BCUT2D eigenvalue weighted by Gasteiger charge is -2.25. The van der Waals surface area contributed by atoms with Crippen LogP contribution < -0.4 is 5.73 Å². The minimum absolute atomic E-state index is 0.183. The minimum Gasteiger partial charge on any atom is -0.324 e. The van der Waals surface area contributed by atoms with Gasteiger partial charge in [-0.15, -0.1) is 0 Å². The summed E-state index contributed by atoms with van der Waals surface area (Å²) in [6.07, 6.45) is 6.23. The number of hydrogen-bond donors (Lipinski definition) is 1. The first-order chi connectivity index (χ1) is 7.96. The highest BCUT2D eigenvalue weighted by Gasteiger charge is 2.18. The molecule has 0 spiro atoms. The average Bonchev–Trinajstić information content (AvgIpc) is 2.26. The molecule has 1 nitrogen and oxygen atoms in total. The van der Waals surface area contributed by atoms with Crippen LogP contribution in [0.2, 0.25) is 0 Å². The van der Waals surface area contributed by atoms with Crippen molar-refractivity contribution in [3.05, 3.63) is 34.9 Å². The molecule has 1 aliphatic rings. The predicted octanol–water partition coefficient (Wildman–Crippen LogP) is 4.00. The topological polar surface area (TPSA) is 26.0 Å². The Morgan fingerprint density at radius 3 is 2.41 bits per heavy atom. The quantitative estimate of drug-likeness (QED) is 0.818. The second-order valence-electron chi connectivity index (χ2n) is 6.61. The summed E-state index contributed by atoms with van der Waals surface area (Å²) in [5.74, 6) is 0. The minimum atomic E-state index is 0.183. The van der Waals surface area contributed by atoms with Crippen LogP contribution in [0.1, 0.15) is 62.8 Å². The summed E-state index contributed by atoms with van der Waals surface area (Å²) in [4.78, 5) is 0. The molecule has 1 atom stereocenters. The van der Waals surface area contributed by atoms with Gasteiger partial charge in [0.05, 0.1) is 0 Å². The van der Waals surface area contributed by atoms with Crippen molar-refractivity contribution in [1.82, 2.24) is 0 Å².